The summed E-state index contributed by atoms with van der Waals surface area (Å²) in [7, 11) is 3.54. The fourth-order valence-corrected chi connectivity index (χ4v) is 2.21. The summed E-state index contributed by atoms with van der Waals surface area (Å²) in [5.41, 5.74) is 1.89. The Kier molecular flexibility index (Phi) is 4.79. The summed E-state index contributed by atoms with van der Waals surface area (Å²) in [6.07, 6.45) is 1.35. The second kappa shape index (κ2) is 6.56. The van der Waals surface area contributed by atoms with Gasteiger partial charge in [-0.3, -0.25) is 4.68 Å². The van der Waals surface area contributed by atoms with Crippen LogP contribution < -0.4 is 0 Å². The second-order valence-corrected chi connectivity index (χ2v) is 5.31. The van der Waals surface area contributed by atoms with Crippen LogP contribution in [0.15, 0.2) is 41.0 Å². The lowest BCUT2D eigenvalue weighted by Gasteiger charge is -2.17. The van der Waals surface area contributed by atoms with E-state index in [4.69, 9.17) is 4.74 Å². The summed E-state index contributed by atoms with van der Waals surface area (Å²) in [4.78, 5) is 13.4. The van der Waals surface area contributed by atoms with Crippen LogP contribution >= 0.6 is 15.9 Å². The van der Waals surface area contributed by atoms with Crippen LogP contribution in [0, 0.1) is 0 Å². The van der Waals surface area contributed by atoms with Crippen LogP contribution in [0.3, 0.4) is 0 Å². The van der Waals surface area contributed by atoms with E-state index in [1.54, 1.807) is 17.9 Å². The zero-order valence-electron chi connectivity index (χ0n) is 11.4. The van der Waals surface area contributed by atoms with Crippen molar-refractivity contribution in [2.75, 3.05) is 7.05 Å². The molecule has 6 heteroatoms. The number of amides is 1. The van der Waals surface area contributed by atoms with E-state index in [0.717, 1.165) is 15.7 Å². The molecule has 0 aliphatic rings. The van der Waals surface area contributed by atoms with Crippen LogP contribution in [0.25, 0.3) is 0 Å². The highest BCUT2D eigenvalue weighted by Crippen LogP contribution is 2.17. The second-order valence-electron chi connectivity index (χ2n) is 4.46. The van der Waals surface area contributed by atoms with Crippen molar-refractivity contribution in [3.05, 3.63) is 52.3 Å². The number of ether oxygens (including phenoxy) is 1. The zero-order chi connectivity index (χ0) is 14.5. The molecule has 1 aromatic heterocycles. The summed E-state index contributed by atoms with van der Waals surface area (Å²) in [6.45, 7) is 0.710. The maximum absolute atomic E-state index is 11.9. The van der Waals surface area contributed by atoms with Crippen LogP contribution in [0.4, 0.5) is 4.79 Å². The average Bonchev–Trinajstić information content (AvgIpc) is 2.77. The maximum Gasteiger partial charge on any atom is 0.410 e. The van der Waals surface area contributed by atoms with Gasteiger partial charge in [0.1, 0.15) is 6.61 Å². The van der Waals surface area contributed by atoms with Crippen molar-refractivity contribution in [3.63, 3.8) is 0 Å². The maximum atomic E-state index is 11.9. The largest absolute Gasteiger partial charge is 0.445 e. The average molecular weight is 338 g/mol. The number of hydrogen-bond acceptors (Lipinski definition) is 3. The van der Waals surface area contributed by atoms with Crippen molar-refractivity contribution in [2.24, 2.45) is 7.05 Å². The lowest BCUT2D eigenvalue weighted by Crippen LogP contribution is -2.28. The quantitative estimate of drug-likeness (QED) is 0.861. The van der Waals surface area contributed by atoms with Gasteiger partial charge in [0.2, 0.25) is 0 Å². The standard InChI is InChI=1S/C14H16BrN3O2/c1-17(9-13-12(15)8-16-18(13)2)14(19)20-10-11-6-4-3-5-7-11/h3-8H,9-10H2,1-2H3. The number of carbonyl (C=O) groups is 1. The third-order valence-corrected chi connectivity index (χ3v) is 3.58. The number of aryl methyl sites for hydroxylation is 1. The minimum Gasteiger partial charge on any atom is -0.445 e. The van der Waals surface area contributed by atoms with E-state index < -0.39 is 0 Å². The highest BCUT2D eigenvalue weighted by Gasteiger charge is 2.15. The van der Waals surface area contributed by atoms with E-state index in [0.29, 0.717) is 6.54 Å². The van der Waals surface area contributed by atoms with E-state index >= 15 is 0 Å². The van der Waals surface area contributed by atoms with Gasteiger partial charge in [0, 0.05) is 14.1 Å². The first-order chi connectivity index (χ1) is 9.58. The summed E-state index contributed by atoms with van der Waals surface area (Å²) in [6, 6.07) is 9.60. The number of carbonyl (C=O) groups excluding carboxylic acids is 1. The molecule has 0 aliphatic heterocycles. The van der Waals surface area contributed by atoms with Crippen molar-refractivity contribution in [3.8, 4) is 0 Å². The van der Waals surface area contributed by atoms with E-state index in [1.807, 2.05) is 37.4 Å². The molecule has 0 saturated carbocycles. The molecule has 0 fully saturated rings. The van der Waals surface area contributed by atoms with E-state index in [-0.39, 0.29) is 12.7 Å². The van der Waals surface area contributed by atoms with Gasteiger partial charge >= 0.3 is 6.09 Å². The number of rotatable bonds is 4. The molecule has 0 spiro atoms. The lowest BCUT2D eigenvalue weighted by atomic mass is 10.2. The predicted molar refractivity (Wildman–Crippen MR) is 79.0 cm³/mol. The van der Waals surface area contributed by atoms with Crippen molar-refractivity contribution in [2.45, 2.75) is 13.2 Å². The van der Waals surface area contributed by atoms with Crippen LogP contribution in [0.5, 0.6) is 0 Å². The van der Waals surface area contributed by atoms with Crippen LogP contribution in [-0.4, -0.2) is 27.8 Å². The third-order valence-electron chi connectivity index (χ3n) is 2.91. The first-order valence-electron chi connectivity index (χ1n) is 6.16. The zero-order valence-corrected chi connectivity index (χ0v) is 13.0. The molecule has 0 atom stereocenters. The minimum atomic E-state index is -0.359. The molecule has 5 nitrogen and oxygen atoms in total. The highest BCUT2D eigenvalue weighted by molar-refractivity contribution is 9.10. The van der Waals surface area contributed by atoms with E-state index in [1.165, 1.54) is 4.90 Å². The molecule has 106 valence electrons. The normalized spacial score (nSPS) is 10.3. The Balaban J connectivity index is 1.89. The number of halogens is 1. The Morgan fingerprint density at radius 3 is 2.70 bits per heavy atom. The van der Waals surface area contributed by atoms with Gasteiger partial charge in [0.05, 0.1) is 22.9 Å². The monoisotopic (exact) mass is 337 g/mol. The first kappa shape index (κ1) is 14.6. The predicted octanol–water partition coefficient (Wildman–Crippen LogP) is 2.95. The molecular weight excluding hydrogens is 322 g/mol. The molecule has 0 saturated heterocycles. The number of hydrogen-bond donors (Lipinski definition) is 0. The molecule has 20 heavy (non-hydrogen) atoms. The molecule has 0 bridgehead atoms. The Morgan fingerprint density at radius 1 is 1.40 bits per heavy atom. The van der Waals surface area contributed by atoms with Gasteiger partial charge in [0.25, 0.3) is 0 Å². The topological polar surface area (TPSA) is 47.4 Å². The minimum absolute atomic E-state index is 0.274. The van der Waals surface area contributed by atoms with Gasteiger partial charge in [-0.1, -0.05) is 30.3 Å². The van der Waals surface area contributed by atoms with Crippen molar-refractivity contribution in [1.82, 2.24) is 14.7 Å². The molecular formula is C14H16BrN3O2. The molecule has 0 unspecified atom stereocenters. The van der Waals surface area contributed by atoms with Gasteiger partial charge in [0.15, 0.2) is 0 Å². The van der Waals surface area contributed by atoms with Gasteiger partial charge in [-0.05, 0) is 21.5 Å². The Labute approximate surface area is 126 Å². The summed E-state index contributed by atoms with van der Waals surface area (Å²) >= 11 is 3.41. The number of nitrogens with zero attached hydrogens (tertiary/aromatic N) is 3. The third kappa shape index (κ3) is 3.60. The molecule has 0 N–H and O–H groups in total. The molecule has 2 rings (SSSR count). The summed E-state index contributed by atoms with van der Waals surface area (Å²) in [5, 5.41) is 4.11. The number of benzene rings is 1. The molecule has 2 aromatic rings. The van der Waals surface area contributed by atoms with Crippen molar-refractivity contribution >= 4 is 22.0 Å². The Morgan fingerprint density at radius 2 is 2.10 bits per heavy atom. The SMILES string of the molecule is CN(Cc1c(Br)cnn1C)C(=O)OCc1ccccc1. The molecule has 0 aliphatic carbocycles. The fourth-order valence-electron chi connectivity index (χ4n) is 1.73. The van der Waals surface area contributed by atoms with Crippen LogP contribution in [-0.2, 0) is 24.9 Å². The van der Waals surface area contributed by atoms with Crippen molar-refractivity contribution < 1.29 is 9.53 Å². The van der Waals surface area contributed by atoms with Gasteiger partial charge in [-0.25, -0.2) is 4.79 Å². The molecule has 1 amide bonds. The van der Waals surface area contributed by atoms with Crippen LogP contribution in [0.2, 0.25) is 0 Å². The van der Waals surface area contributed by atoms with Gasteiger partial charge < -0.3 is 9.64 Å². The van der Waals surface area contributed by atoms with Gasteiger partial charge in [-0.2, -0.15) is 5.10 Å². The van der Waals surface area contributed by atoms with Crippen LogP contribution in [0.1, 0.15) is 11.3 Å². The smallest absolute Gasteiger partial charge is 0.410 e. The molecule has 1 heterocycles. The number of aromatic nitrogens is 2. The first-order valence-corrected chi connectivity index (χ1v) is 6.95. The van der Waals surface area contributed by atoms with Crippen molar-refractivity contribution in [1.29, 1.82) is 0 Å². The molecule has 0 radical (unpaired) electrons. The summed E-state index contributed by atoms with van der Waals surface area (Å²) < 4.78 is 7.87. The highest BCUT2D eigenvalue weighted by atomic mass is 79.9. The Hall–Kier alpha value is -1.82. The Bertz CT molecular complexity index is 564. The molecule has 1 aromatic carbocycles. The summed E-state index contributed by atoms with van der Waals surface area (Å²) in [5.74, 6) is 0. The van der Waals surface area contributed by atoms with E-state index in [9.17, 15) is 4.79 Å². The van der Waals surface area contributed by atoms with Gasteiger partial charge in [-0.15, -0.1) is 0 Å². The lowest BCUT2D eigenvalue weighted by molar-refractivity contribution is 0.102. The fraction of sp³-hybridized carbons (Fsp3) is 0.286. The van der Waals surface area contributed by atoms with E-state index in [2.05, 4.69) is 21.0 Å².